The normalized spacial score (nSPS) is 24.5. The number of nitrogens with zero attached hydrogens (tertiary/aromatic N) is 1. The maximum absolute atomic E-state index is 14.0. The number of hydrogen-bond donors (Lipinski definition) is 7. The van der Waals surface area contributed by atoms with Crippen LogP contribution in [0.15, 0.2) is 53.3 Å². The summed E-state index contributed by atoms with van der Waals surface area (Å²) >= 11 is 0. The molecule has 13 nitrogen and oxygen atoms in total. The fraction of sp³-hybridized carbons (Fsp3) is 0.323. The highest BCUT2D eigenvalue weighted by molar-refractivity contribution is 6.24. The van der Waals surface area contributed by atoms with Crippen molar-refractivity contribution in [3.05, 3.63) is 70.0 Å². The number of carboxylic acid groups (broad SMARTS) is 1. The summed E-state index contributed by atoms with van der Waals surface area (Å²) in [6.45, 7) is -0.0697. The molecule has 1 saturated carbocycles. The Morgan fingerprint density at radius 2 is 1.80 bits per heavy atom. The fourth-order valence-corrected chi connectivity index (χ4v) is 6.73. The quantitative estimate of drug-likeness (QED) is 0.219. The van der Waals surface area contributed by atoms with Gasteiger partial charge in [-0.05, 0) is 67.7 Å². The summed E-state index contributed by atoms with van der Waals surface area (Å²) in [5.74, 6) is -8.93. The van der Waals surface area contributed by atoms with E-state index in [1.807, 2.05) is 0 Å². The van der Waals surface area contributed by atoms with Gasteiger partial charge in [-0.25, -0.2) is 0 Å². The van der Waals surface area contributed by atoms with Crippen molar-refractivity contribution in [3.63, 3.8) is 0 Å². The second-order valence-electron chi connectivity index (χ2n) is 11.4. The number of aliphatic carboxylic acids is 1. The summed E-state index contributed by atoms with van der Waals surface area (Å²) in [6.07, 6.45) is -0.237. The number of carbonyl (C=O) groups excluding carboxylic acids is 4. The molecule has 0 aromatic heterocycles. The van der Waals surface area contributed by atoms with Crippen LogP contribution in [-0.2, 0) is 25.6 Å². The number of benzene rings is 2. The number of phenolic OH excluding ortho intramolecular Hbond substituents is 1. The monoisotopic (exact) mass is 605 g/mol. The molecule has 0 saturated heterocycles. The largest absolute Gasteiger partial charge is 0.508 e. The van der Waals surface area contributed by atoms with Gasteiger partial charge in [-0.1, -0.05) is 18.2 Å². The molecule has 0 unspecified atom stereocenters. The fourth-order valence-electron chi connectivity index (χ4n) is 6.73. The number of fused-ring (bicyclic) bond motifs is 3. The van der Waals surface area contributed by atoms with Gasteiger partial charge in [0.05, 0.1) is 18.0 Å². The van der Waals surface area contributed by atoms with Gasteiger partial charge < -0.3 is 36.6 Å². The van der Waals surface area contributed by atoms with Crippen LogP contribution in [0.2, 0.25) is 0 Å². The number of aliphatic hydroxyl groups excluding tert-OH is 2. The lowest BCUT2D eigenvalue weighted by Crippen LogP contribution is -2.65. The first-order chi connectivity index (χ1) is 20.7. The molecule has 0 aliphatic heterocycles. The number of nitrogens with two attached hydrogens (primary N) is 1. The van der Waals surface area contributed by atoms with Crippen LogP contribution in [0.4, 0.5) is 0 Å². The minimum absolute atomic E-state index is 0.0626. The van der Waals surface area contributed by atoms with Gasteiger partial charge in [0.25, 0.3) is 11.8 Å². The van der Waals surface area contributed by atoms with Crippen molar-refractivity contribution in [2.75, 3.05) is 20.6 Å². The molecule has 4 atom stereocenters. The van der Waals surface area contributed by atoms with Gasteiger partial charge in [-0.2, -0.15) is 0 Å². The Bertz CT molecular complexity index is 1710. The first-order valence-electron chi connectivity index (χ1n) is 13.8. The van der Waals surface area contributed by atoms with Crippen LogP contribution in [-0.4, -0.2) is 92.1 Å². The van der Waals surface area contributed by atoms with Crippen molar-refractivity contribution in [2.24, 2.45) is 17.6 Å². The minimum atomic E-state index is -2.74. The SMILES string of the molecule is CN(C)[C@@H]1C(=O)C(C(N)=O)=C(O)[C@@]2(O)C(=O)C3=C(O)c4c(O)ccc(-c5cccc(C(=O)NCCC(=O)O)c5)c4C[C@H]3C[C@@H]12. The molecular weight excluding hydrogens is 574 g/mol. The molecule has 8 N–H and O–H groups in total. The Morgan fingerprint density at radius 3 is 2.43 bits per heavy atom. The Balaban J connectivity index is 1.62. The minimum Gasteiger partial charge on any atom is -0.508 e. The van der Waals surface area contributed by atoms with Crippen molar-refractivity contribution < 1.29 is 49.5 Å². The summed E-state index contributed by atoms with van der Waals surface area (Å²) < 4.78 is 0. The molecule has 2 aromatic rings. The van der Waals surface area contributed by atoms with Crippen LogP contribution in [0.25, 0.3) is 16.9 Å². The molecule has 0 spiro atoms. The maximum atomic E-state index is 14.0. The molecule has 13 heteroatoms. The molecule has 0 heterocycles. The molecule has 2 amide bonds. The van der Waals surface area contributed by atoms with Crippen LogP contribution in [0, 0.1) is 11.8 Å². The molecule has 5 rings (SSSR count). The van der Waals surface area contributed by atoms with E-state index < -0.39 is 69.9 Å². The Kier molecular flexibility index (Phi) is 7.56. The van der Waals surface area contributed by atoms with E-state index in [4.69, 9.17) is 10.8 Å². The first kappa shape index (κ1) is 30.4. The smallest absolute Gasteiger partial charge is 0.305 e. The van der Waals surface area contributed by atoms with Gasteiger partial charge in [-0.3, -0.25) is 28.9 Å². The second kappa shape index (κ2) is 10.9. The van der Waals surface area contributed by atoms with E-state index in [0.717, 1.165) is 0 Å². The van der Waals surface area contributed by atoms with Crippen molar-refractivity contribution >= 4 is 35.1 Å². The zero-order valence-corrected chi connectivity index (χ0v) is 23.8. The van der Waals surface area contributed by atoms with E-state index in [2.05, 4.69) is 5.32 Å². The maximum Gasteiger partial charge on any atom is 0.305 e. The van der Waals surface area contributed by atoms with Crippen LogP contribution in [0.3, 0.4) is 0 Å². The molecule has 230 valence electrons. The van der Waals surface area contributed by atoms with Crippen LogP contribution >= 0.6 is 0 Å². The van der Waals surface area contributed by atoms with Crippen molar-refractivity contribution in [3.8, 4) is 16.9 Å². The Labute approximate surface area is 250 Å². The van der Waals surface area contributed by atoms with Gasteiger partial charge >= 0.3 is 5.97 Å². The van der Waals surface area contributed by atoms with E-state index >= 15 is 0 Å². The number of nitrogens with one attached hydrogen (secondary N) is 1. The number of Topliss-reactive ketones (excluding diaryl/α,β-unsaturated/α-hetero) is 2. The van der Waals surface area contributed by atoms with Crippen molar-refractivity contribution in [1.29, 1.82) is 0 Å². The number of carboxylic acids is 1. The highest BCUT2D eigenvalue weighted by Gasteiger charge is 2.64. The standard InChI is InChI=1S/C31H31N3O10/c1-34(2)24-18-12-15-11-17-16(13-4-3-5-14(10-13)30(43)33-9-8-20(36)37)6-7-19(35)22(17)25(38)21(15)27(40)31(18,44)28(41)23(26(24)39)29(32)42/h3-7,10,15,18,24,35,38,41,44H,8-9,11-12H2,1-2H3,(H2,32,42)(H,33,43)(H,36,37)/t15-,18-,24-,31-/m0/s1. The van der Waals surface area contributed by atoms with Crippen molar-refractivity contribution in [1.82, 2.24) is 10.2 Å². The lowest BCUT2D eigenvalue weighted by Gasteiger charge is -2.50. The molecule has 3 aliphatic carbocycles. The lowest BCUT2D eigenvalue weighted by molar-refractivity contribution is -0.153. The Morgan fingerprint density at radius 1 is 1.09 bits per heavy atom. The van der Waals surface area contributed by atoms with Crippen LogP contribution in [0.1, 0.15) is 34.3 Å². The summed E-state index contributed by atoms with van der Waals surface area (Å²) in [7, 11) is 3.04. The van der Waals surface area contributed by atoms with E-state index in [0.29, 0.717) is 16.7 Å². The number of amides is 2. The number of hydrogen-bond acceptors (Lipinski definition) is 10. The van der Waals surface area contributed by atoms with E-state index in [9.17, 15) is 44.4 Å². The van der Waals surface area contributed by atoms with E-state index in [1.54, 1.807) is 30.3 Å². The number of primary amides is 1. The molecule has 0 radical (unpaired) electrons. The third kappa shape index (κ3) is 4.61. The van der Waals surface area contributed by atoms with Gasteiger partial charge in [0, 0.05) is 23.6 Å². The average Bonchev–Trinajstić information content (AvgIpc) is 2.94. The van der Waals surface area contributed by atoms with Gasteiger partial charge in [-0.15, -0.1) is 0 Å². The summed E-state index contributed by atoms with van der Waals surface area (Å²) in [6, 6.07) is 8.14. The number of aromatic hydroxyl groups is 1. The van der Waals surface area contributed by atoms with Crippen molar-refractivity contribution in [2.45, 2.75) is 30.9 Å². The van der Waals surface area contributed by atoms with E-state index in [-0.39, 0.29) is 48.3 Å². The predicted molar refractivity (Wildman–Crippen MR) is 154 cm³/mol. The zero-order chi connectivity index (χ0) is 32.2. The van der Waals surface area contributed by atoms with E-state index in [1.165, 1.54) is 25.1 Å². The topological polar surface area (TPSA) is 228 Å². The highest BCUT2D eigenvalue weighted by Crippen LogP contribution is 2.53. The zero-order valence-electron chi connectivity index (χ0n) is 23.8. The van der Waals surface area contributed by atoms with Gasteiger partial charge in [0.2, 0.25) is 5.78 Å². The second-order valence-corrected chi connectivity index (χ2v) is 11.4. The third-order valence-electron chi connectivity index (χ3n) is 8.66. The predicted octanol–water partition coefficient (Wildman–Crippen LogP) is 0.836. The number of likely N-dealkylation sites (N-methyl/N-ethyl adjacent to an activating group) is 1. The third-order valence-corrected chi connectivity index (χ3v) is 8.66. The van der Waals surface area contributed by atoms with Gasteiger partial charge in [0.1, 0.15) is 22.8 Å². The van der Waals surface area contributed by atoms with Gasteiger partial charge in [0.15, 0.2) is 11.4 Å². The highest BCUT2D eigenvalue weighted by atomic mass is 16.4. The van der Waals surface area contributed by atoms with Crippen LogP contribution < -0.4 is 11.1 Å². The number of phenols is 1. The summed E-state index contributed by atoms with van der Waals surface area (Å²) in [5.41, 5.74) is 3.14. The molecule has 3 aliphatic rings. The number of aliphatic hydroxyl groups is 3. The summed E-state index contributed by atoms with van der Waals surface area (Å²) in [4.78, 5) is 64.3. The Hall–Kier alpha value is -5.01. The number of rotatable bonds is 7. The summed E-state index contributed by atoms with van der Waals surface area (Å²) in [5, 5.41) is 56.4. The molecule has 1 fully saturated rings. The average molecular weight is 606 g/mol. The molecule has 0 bridgehead atoms. The van der Waals surface area contributed by atoms with Crippen LogP contribution in [0.5, 0.6) is 5.75 Å². The first-order valence-corrected chi connectivity index (χ1v) is 13.8. The lowest BCUT2D eigenvalue weighted by atomic mass is 9.57. The number of carbonyl (C=O) groups is 5. The molecular formula is C31H31N3O10. The molecule has 44 heavy (non-hydrogen) atoms. The number of ketones is 2. The molecule has 2 aromatic carbocycles.